The molecule has 0 saturated carbocycles. The number of aliphatic hydroxyl groups excluding tert-OH is 1. The first-order chi connectivity index (χ1) is 12.4. The number of likely N-dealkylation sites (tertiary alicyclic amines) is 1. The summed E-state index contributed by atoms with van der Waals surface area (Å²) in [5.41, 5.74) is 2.43. The molecule has 2 aromatic rings. The maximum Gasteiger partial charge on any atom is 0.295 e. The highest BCUT2D eigenvalue weighted by molar-refractivity contribution is 9.10. The summed E-state index contributed by atoms with van der Waals surface area (Å²) in [6.07, 6.45) is 1.58. The van der Waals surface area contributed by atoms with Crippen LogP contribution in [0.3, 0.4) is 0 Å². The van der Waals surface area contributed by atoms with E-state index in [0.29, 0.717) is 5.56 Å². The maximum atomic E-state index is 12.7. The van der Waals surface area contributed by atoms with E-state index < -0.39 is 17.7 Å². The lowest BCUT2D eigenvalue weighted by Gasteiger charge is -2.24. The summed E-state index contributed by atoms with van der Waals surface area (Å²) in [6, 6.07) is 13.9. The Labute approximate surface area is 160 Å². The molecular weight excluding hydrogens is 394 g/mol. The van der Waals surface area contributed by atoms with Gasteiger partial charge in [0.15, 0.2) is 0 Å². The van der Waals surface area contributed by atoms with Crippen LogP contribution in [0.2, 0.25) is 0 Å². The highest BCUT2D eigenvalue weighted by atomic mass is 79.9. The molecule has 2 aromatic carbocycles. The average molecular weight is 412 g/mol. The lowest BCUT2D eigenvalue weighted by molar-refractivity contribution is -0.139. The minimum absolute atomic E-state index is 0.100. The fourth-order valence-corrected chi connectivity index (χ4v) is 3.33. The van der Waals surface area contributed by atoms with E-state index in [9.17, 15) is 14.7 Å². The lowest BCUT2D eigenvalue weighted by Crippen LogP contribution is -2.29. The van der Waals surface area contributed by atoms with Gasteiger partial charge in [0.25, 0.3) is 11.7 Å². The van der Waals surface area contributed by atoms with E-state index in [1.54, 1.807) is 30.3 Å². The molecular formula is C21H18BrNO3. The number of carbonyl (C=O) groups is 2. The first kappa shape index (κ1) is 18.1. The average Bonchev–Trinajstić information content (AvgIpc) is 2.88. The van der Waals surface area contributed by atoms with Crippen LogP contribution < -0.4 is 0 Å². The zero-order valence-electron chi connectivity index (χ0n) is 14.3. The van der Waals surface area contributed by atoms with Crippen molar-refractivity contribution in [3.8, 4) is 0 Å². The summed E-state index contributed by atoms with van der Waals surface area (Å²) in [5, 5.41) is 10.8. The Morgan fingerprint density at radius 3 is 2.35 bits per heavy atom. The van der Waals surface area contributed by atoms with Gasteiger partial charge < -0.3 is 10.0 Å². The van der Waals surface area contributed by atoms with Crippen molar-refractivity contribution in [1.82, 2.24) is 4.90 Å². The van der Waals surface area contributed by atoms with Crippen molar-refractivity contribution in [2.45, 2.75) is 13.0 Å². The molecule has 3 rings (SSSR count). The fourth-order valence-electron chi connectivity index (χ4n) is 3.07. The van der Waals surface area contributed by atoms with Crippen LogP contribution in [0.15, 0.2) is 71.2 Å². The lowest BCUT2D eigenvalue weighted by atomic mass is 9.95. The zero-order chi connectivity index (χ0) is 18.8. The van der Waals surface area contributed by atoms with Crippen LogP contribution in [0.4, 0.5) is 0 Å². The molecule has 1 amide bonds. The van der Waals surface area contributed by atoms with E-state index in [1.165, 1.54) is 4.90 Å². The molecule has 1 aliphatic heterocycles. The number of amides is 1. The molecule has 1 fully saturated rings. The second-order valence-electron chi connectivity index (χ2n) is 6.16. The number of aliphatic hydroxyl groups is 1. The standard InChI is InChI=1S/C21H18BrNO3/c1-3-12-23-18(14-6-4-13(2)5-7-14)17(20(25)21(23)26)19(24)15-8-10-16(22)11-9-15/h3-11,18,24H,1,12H2,2H3/b19-17+/t18-/m1/s1. The first-order valence-electron chi connectivity index (χ1n) is 8.16. The van der Waals surface area contributed by atoms with E-state index >= 15 is 0 Å². The van der Waals surface area contributed by atoms with Crippen LogP contribution in [-0.4, -0.2) is 28.2 Å². The smallest absolute Gasteiger partial charge is 0.295 e. The Kier molecular flexibility index (Phi) is 5.09. The van der Waals surface area contributed by atoms with E-state index in [2.05, 4.69) is 22.5 Å². The summed E-state index contributed by atoms with van der Waals surface area (Å²) < 4.78 is 0.858. The highest BCUT2D eigenvalue weighted by Crippen LogP contribution is 2.39. The molecule has 132 valence electrons. The van der Waals surface area contributed by atoms with Gasteiger partial charge in [0.1, 0.15) is 5.76 Å². The number of ketones is 1. The summed E-state index contributed by atoms with van der Waals surface area (Å²) in [4.78, 5) is 26.6. The van der Waals surface area contributed by atoms with Crippen molar-refractivity contribution in [2.24, 2.45) is 0 Å². The van der Waals surface area contributed by atoms with Crippen molar-refractivity contribution in [3.63, 3.8) is 0 Å². The number of carbonyl (C=O) groups excluding carboxylic acids is 2. The molecule has 1 aliphatic rings. The monoisotopic (exact) mass is 411 g/mol. The van der Waals surface area contributed by atoms with Gasteiger partial charge in [-0.1, -0.05) is 64.0 Å². The third-order valence-corrected chi connectivity index (χ3v) is 4.91. The fraction of sp³-hybridized carbons (Fsp3) is 0.143. The van der Waals surface area contributed by atoms with Crippen LogP contribution in [0.25, 0.3) is 5.76 Å². The van der Waals surface area contributed by atoms with Crippen LogP contribution in [0, 0.1) is 6.92 Å². The third kappa shape index (κ3) is 3.22. The van der Waals surface area contributed by atoms with Crippen molar-refractivity contribution < 1.29 is 14.7 Å². The Morgan fingerprint density at radius 2 is 1.77 bits per heavy atom. The molecule has 0 aromatic heterocycles. The Bertz CT molecular complexity index is 898. The van der Waals surface area contributed by atoms with Crippen LogP contribution in [-0.2, 0) is 9.59 Å². The number of nitrogens with zero attached hydrogens (tertiary/aromatic N) is 1. The molecule has 1 saturated heterocycles. The predicted octanol–water partition coefficient (Wildman–Crippen LogP) is 4.37. The van der Waals surface area contributed by atoms with Crippen molar-refractivity contribution in [3.05, 3.63) is 87.9 Å². The largest absolute Gasteiger partial charge is 0.507 e. The van der Waals surface area contributed by atoms with Crippen molar-refractivity contribution >= 4 is 33.4 Å². The Hall–Kier alpha value is -2.66. The first-order valence-corrected chi connectivity index (χ1v) is 8.95. The molecule has 5 heteroatoms. The van der Waals surface area contributed by atoms with E-state index in [-0.39, 0.29) is 17.9 Å². The normalized spacial score (nSPS) is 19.0. The molecule has 1 N–H and O–H groups in total. The number of halogens is 1. The molecule has 26 heavy (non-hydrogen) atoms. The van der Waals surface area contributed by atoms with E-state index in [0.717, 1.165) is 15.6 Å². The third-order valence-electron chi connectivity index (χ3n) is 4.38. The van der Waals surface area contributed by atoms with Gasteiger partial charge in [-0.3, -0.25) is 9.59 Å². The molecule has 0 aliphatic carbocycles. The Balaban J connectivity index is 2.18. The molecule has 1 atom stereocenters. The highest BCUT2D eigenvalue weighted by Gasteiger charge is 2.45. The number of Topliss-reactive ketones (excluding diaryl/α,β-unsaturated/α-hetero) is 1. The van der Waals surface area contributed by atoms with Crippen LogP contribution >= 0.6 is 15.9 Å². The number of rotatable bonds is 4. The minimum Gasteiger partial charge on any atom is -0.507 e. The summed E-state index contributed by atoms with van der Waals surface area (Å²) in [6.45, 7) is 5.86. The quantitative estimate of drug-likeness (QED) is 0.351. The van der Waals surface area contributed by atoms with Gasteiger partial charge in [-0.25, -0.2) is 0 Å². The molecule has 0 unspecified atom stereocenters. The molecule has 0 radical (unpaired) electrons. The SMILES string of the molecule is C=CCN1C(=O)C(=O)/C(=C(/O)c2ccc(Br)cc2)[C@H]1c1ccc(C)cc1. The van der Waals surface area contributed by atoms with Crippen LogP contribution in [0.5, 0.6) is 0 Å². The minimum atomic E-state index is -0.683. The Morgan fingerprint density at radius 1 is 1.15 bits per heavy atom. The molecule has 0 bridgehead atoms. The van der Waals surface area contributed by atoms with Gasteiger partial charge in [0, 0.05) is 16.6 Å². The van der Waals surface area contributed by atoms with E-state index in [1.807, 2.05) is 31.2 Å². The summed E-state index contributed by atoms with van der Waals surface area (Å²) >= 11 is 3.35. The van der Waals surface area contributed by atoms with Crippen molar-refractivity contribution in [1.29, 1.82) is 0 Å². The van der Waals surface area contributed by atoms with Gasteiger partial charge in [-0.15, -0.1) is 6.58 Å². The predicted molar refractivity (Wildman–Crippen MR) is 105 cm³/mol. The number of hydrogen-bond donors (Lipinski definition) is 1. The van der Waals surface area contributed by atoms with Gasteiger partial charge in [-0.2, -0.15) is 0 Å². The topological polar surface area (TPSA) is 57.6 Å². The molecule has 0 spiro atoms. The van der Waals surface area contributed by atoms with Gasteiger partial charge in [0.05, 0.1) is 11.6 Å². The number of benzene rings is 2. The number of hydrogen-bond acceptors (Lipinski definition) is 3. The van der Waals surface area contributed by atoms with E-state index in [4.69, 9.17) is 0 Å². The second-order valence-corrected chi connectivity index (χ2v) is 7.07. The summed E-state index contributed by atoms with van der Waals surface area (Å²) in [7, 11) is 0. The zero-order valence-corrected chi connectivity index (χ0v) is 15.9. The molecule has 1 heterocycles. The van der Waals surface area contributed by atoms with Crippen LogP contribution in [0.1, 0.15) is 22.7 Å². The molecule has 4 nitrogen and oxygen atoms in total. The van der Waals surface area contributed by atoms with Gasteiger partial charge >= 0.3 is 0 Å². The van der Waals surface area contributed by atoms with Gasteiger partial charge in [0.2, 0.25) is 0 Å². The van der Waals surface area contributed by atoms with Gasteiger partial charge in [-0.05, 0) is 24.6 Å². The summed E-state index contributed by atoms with van der Waals surface area (Å²) in [5.74, 6) is -1.49. The maximum absolute atomic E-state index is 12.7. The number of aryl methyl sites for hydroxylation is 1. The second kappa shape index (κ2) is 7.30. The van der Waals surface area contributed by atoms with Crippen molar-refractivity contribution in [2.75, 3.05) is 6.54 Å².